The molecule has 0 atom stereocenters. The lowest BCUT2D eigenvalue weighted by atomic mass is 9.93. The average Bonchev–Trinajstić information content (AvgIpc) is 3.91. The molecule has 7 rings (SSSR count). The highest BCUT2D eigenvalue weighted by atomic mass is 35.5. The van der Waals surface area contributed by atoms with E-state index in [1.54, 1.807) is 18.2 Å². The van der Waals surface area contributed by atoms with Crippen LogP contribution in [0.1, 0.15) is 66.6 Å². The fraction of sp³-hybridized carbons (Fsp3) is 0.450. The first-order valence-corrected chi connectivity index (χ1v) is 18.3. The van der Waals surface area contributed by atoms with Gasteiger partial charge in [-0.2, -0.15) is 13.2 Å². The van der Waals surface area contributed by atoms with Crippen LogP contribution in [0.25, 0.3) is 22.2 Å². The van der Waals surface area contributed by atoms with Crippen molar-refractivity contribution in [3.63, 3.8) is 0 Å². The lowest BCUT2D eigenvalue weighted by Crippen LogP contribution is -2.48. The number of amides is 1. The number of hydrogen-bond acceptors (Lipinski definition) is 6. The predicted molar refractivity (Wildman–Crippen MR) is 193 cm³/mol. The molecule has 4 aromatic rings. The highest BCUT2D eigenvalue weighted by molar-refractivity contribution is 6.33. The number of rotatable bonds is 10. The number of halogens is 4. The summed E-state index contributed by atoms with van der Waals surface area (Å²) < 4.78 is 53.8. The Morgan fingerprint density at radius 3 is 2.41 bits per heavy atom. The standard InChI is InChI=1S/C40H44ClF3N4O3/c1-26(2)25-51-35-23-34-31(22-33(35)41)36(38(49)46-39(13-14-39)28-8-4-3-5-9-28)32(37(45-34)27-7-6-10-29(21-27)40(42,43)44)24-47-15-11-30(12-16-47)48-17-19-50-20-18-48/h3-10,21-23,26,30H,11-20,24-25H2,1-2H3,(H,46,49). The maximum absolute atomic E-state index is 14.8. The number of morpholine rings is 1. The monoisotopic (exact) mass is 720 g/mol. The number of hydrogen-bond donors (Lipinski definition) is 1. The number of likely N-dealkylation sites (tertiary alicyclic amines) is 1. The molecule has 1 aromatic heterocycles. The zero-order valence-electron chi connectivity index (χ0n) is 29.1. The summed E-state index contributed by atoms with van der Waals surface area (Å²) in [6.07, 6.45) is -1.09. The van der Waals surface area contributed by atoms with Crippen molar-refractivity contribution in [2.45, 2.75) is 63.8 Å². The number of alkyl halides is 3. The van der Waals surface area contributed by atoms with Crippen LogP contribution in [0.3, 0.4) is 0 Å². The van der Waals surface area contributed by atoms with E-state index < -0.39 is 17.3 Å². The number of nitrogens with one attached hydrogen (secondary N) is 1. The van der Waals surface area contributed by atoms with Crippen LogP contribution in [-0.4, -0.2) is 72.7 Å². The molecule has 1 amide bonds. The number of pyridine rings is 1. The Bertz CT molecular complexity index is 1870. The van der Waals surface area contributed by atoms with Crippen molar-refractivity contribution in [2.24, 2.45) is 5.92 Å². The van der Waals surface area contributed by atoms with Gasteiger partial charge in [-0.25, -0.2) is 4.98 Å². The number of fused-ring (bicyclic) bond motifs is 1. The van der Waals surface area contributed by atoms with Gasteiger partial charge in [0, 0.05) is 48.3 Å². The molecule has 7 nitrogen and oxygen atoms in total. The molecular formula is C40H44ClF3N4O3. The van der Waals surface area contributed by atoms with Crippen LogP contribution in [-0.2, 0) is 23.0 Å². The van der Waals surface area contributed by atoms with Crippen molar-refractivity contribution in [3.8, 4) is 17.0 Å². The van der Waals surface area contributed by atoms with Gasteiger partial charge in [-0.1, -0.05) is 67.9 Å². The summed E-state index contributed by atoms with van der Waals surface area (Å²) in [5.74, 6) is 0.337. The number of benzene rings is 3. The average molecular weight is 721 g/mol. The molecule has 3 heterocycles. The number of piperidine rings is 1. The second-order valence-corrected chi connectivity index (χ2v) is 14.9. The number of carbonyl (C=O) groups is 1. The number of ether oxygens (including phenoxy) is 2. The van der Waals surface area contributed by atoms with E-state index in [-0.39, 0.29) is 11.8 Å². The van der Waals surface area contributed by atoms with Gasteiger partial charge >= 0.3 is 6.18 Å². The van der Waals surface area contributed by atoms with E-state index in [4.69, 9.17) is 26.1 Å². The van der Waals surface area contributed by atoms with Gasteiger partial charge in [0.15, 0.2) is 0 Å². The highest BCUT2D eigenvalue weighted by Crippen LogP contribution is 2.46. The van der Waals surface area contributed by atoms with Gasteiger partial charge in [0.2, 0.25) is 0 Å². The predicted octanol–water partition coefficient (Wildman–Crippen LogP) is 8.32. The summed E-state index contributed by atoms with van der Waals surface area (Å²) in [5.41, 5.74) is 1.74. The molecule has 3 aliphatic rings. The fourth-order valence-electron chi connectivity index (χ4n) is 7.42. The van der Waals surface area contributed by atoms with Gasteiger partial charge in [0.25, 0.3) is 5.91 Å². The van der Waals surface area contributed by atoms with E-state index in [1.165, 1.54) is 6.07 Å². The van der Waals surface area contributed by atoms with Crippen molar-refractivity contribution in [3.05, 3.63) is 94.0 Å². The van der Waals surface area contributed by atoms with E-state index in [1.807, 2.05) is 44.2 Å². The molecule has 3 aromatic carbocycles. The topological polar surface area (TPSA) is 66.9 Å². The van der Waals surface area contributed by atoms with Crippen LogP contribution in [0.2, 0.25) is 5.02 Å². The zero-order valence-corrected chi connectivity index (χ0v) is 29.8. The summed E-state index contributed by atoms with van der Waals surface area (Å²) in [6.45, 7) is 9.66. The molecule has 0 bridgehead atoms. The van der Waals surface area contributed by atoms with Crippen molar-refractivity contribution < 1.29 is 27.4 Å². The van der Waals surface area contributed by atoms with Crippen molar-refractivity contribution in [1.82, 2.24) is 20.1 Å². The molecule has 51 heavy (non-hydrogen) atoms. The fourth-order valence-corrected chi connectivity index (χ4v) is 7.64. The molecule has 3 fully saturated rings. The molecule has 2 aliphatic heterocycles. The van der Waals surface area contributed by atoms with Crippen LogP contribution in [0.4, 0.5) is 13.2 Å². The lowest BCUT2D eigenvalue weighted by Gasteiger charge is -2.40. The summed E-state index contributed by atoms with van der Waals surface area (Å²) in [5, 5.41) is 4.22. The normalized spacial score (nSPS) is 18.6. The Labute approximate surface area is 302 Å². The van der Waals surface area contributed by atoms with Crippen LogP contribution in [0.5, 0.6) is 5.75 Å². The third kappa shape index (κ3) is 7.89. The highest BCUT2D eigenvalue weighted by Gasteiger charge is 2.46. The van der Waals surface area contributed by atoms with E-state index >= 15 is 0 Å². The summed E-state index contributed by atoms with van der Waals surface area (Å²) in [7, 11) is 0. The third-order valence-corrected chi connectivity index (χ3v) is 10.6. The van der Waals surface area contributed by atoms with Gasteiger partial charge in [0.05, 0.1) is 52.7 Å². The van der Waals surface area contributed by atoms with Crippen LogP contribution >= 0.6 is 11.6 Å². The van der Waals surface area contributed by atoms with Gasteiger partial charge in [0.1, 0.15) is 5.75 Å². The van der Waals surface area contributed by atoms with E-state index in [0.29, 0.717) is 63.3 Å². The smallest absolute Gasteiger partial charge is 0.416 e. The maximum Gasteiger partial charge on any atom is 0.416 e. The van der Waals surface area contributed by atoms with Crippen molar-refractivity contribution in [2.75, 3.05) is 46.0 Å². The molecule has 11 heteroatoms. The molecular weight excluding hydrogens is 677 g/mol. The molecule has 0 radical (unpaired) electrons. The van der Waals surface area contributed by atoms with E-state index in [0.717, 1.165) is 82.8 Å². The van der Waals surface area contributed by atoms with Crippen molar-refractivity contribution in [1.29, 1.82) is 0 Å². The van der Waals surface area contributed by atoms with Crippen LogP contribution in [0, 0.1) is 5.92 Å². The Morgan fingerprint density at radius 1 is 1.02 bits per heavy atom. The molecule has 0 unspecified atom stereocenters. The van der Waals surface area contributed by atoms with Crippen LogP contribution in [0.15, 0.2) is 66.7 Å². The Balaban J connectivity index is 1.35. The second kappa shape index (κ2) is 14.7. The molecule has 2 saturated heterocycles. The van der Waals surface area contributed by atoms with Crippen LogP contribution < -0.4 is 10.1 Å². The first-order chi connectivity index (χ1) is 24.5. The number of carbonyl (C=O) groups excluding carboxylic acids is 1. The first kappa shape index (κ1) is 35.7. The van der Waals surface area contributed by atoms with Gasteiger partial charge in [-0.05, 0) is 68.5 Å². The lowest BCUT2D eigenvalue weighted by molar-refractivity contribution is -0.137. The third-order valence-electron chi connectivity index (χ3n) is 10.3. The Morgan fingerprint density at radius 2 is 1.75 bits per heavy atom. The minimum atomic E-state index is -4.55. The molecule has 1 N–H and O–H groups in total. The van der Waals surface area contributed by atoms with E-state index in [9.17, 15) is 18.0 Å². The summed E-state index contributed by atoms with van der Waals surface area (Å²) in [6, 6.07) is 19.0. The summed E-state index contributed by atoms with van der Waals surface area (Å²) in [4.78, 5) is 24.6. The van der Waals surface area contributed by atoms with Crippen molar-refractivity contribution >= 4 is 28.4 Å². The number of nitrogens with zero attached hydrogens (tertiary/aromatic N) is 3. The largest absolute Gasteiger partial charge is 0.492 e. The minimum Gasteiger partial charge on any atom is -0.492 e. The SMILES string of the molecule is CC(C)COc1cc2nc(-c3cccc(C(F)(F)F)c3)c(CN3CCC(N4CCOCC4)CC3)c(C(=O)NC3(c4ccccc4)CC3)c2cc1Cl. The van der Waals surface area contributed by atoms with E-state index in [2.05, 4.69) is 15.1 Å². The molecule has 0 spiro atoms. The quantitative estimate of drug-likeness (QED) is 0.178. The second-order valence-electron chi connectivity index (χ2n) is 14.5. The minimum absolute atomic E-state index is 0.231. The molecule has 270 valence electrons. The van der Waals surface area contributed by atoms with Gasteiger partial charge < -0.3 is 14.8 Å². The zero-order chi connectivity index (χ0) is 35.8. The van der Waals surface area contributed by atoms with Gasteiger partial charge in [-0.3, -0.25) is 14.6 Å². The van der Waals surface area contributed by atoms with Gasteiger partial charge in [-0.15, -0.1) is 0 Å². The number of aromatic nitrogens is 1. The Kier molecular flexibility index (Phi) is 10.3. The Hall–Kier alpha value is -3.70. The molecule has 1 aliphatic carbocycles. The maximum atomic E-state index is 14.8. The summed E-state index contributed by atoms with van der Waals surface area (Å²) >= 11 is 6.83. The molecule has 1 saturated carbocycles. The first-order valence-electron chi connectivity index (χ1n) is 17.9.